The Kier molecular flexibility index (Phi) is 6.52. The summed E-state index contributed by atoms with van der Waals surface area (Å²) in [5.74, 6) is 1.33. The van der Waals surface area contributed by atoms with Crippen LogP contribution in [0, 0.1) is 0 Å². The van der Waals surface area contributed by atoms with E-state index in [2.05, 4.69) is 41.5 Å². The van der Waals surface area contributed by atoms with Crippen LogP contribution in [0.3, 0.4) is 0 Å². The highest BCUT2D eigenvalue weighted by Crippen LogP contribution is 2.32. The lowest BCUT2D eigenvalue weighted by Gasteiger charge is -2.20. The van der Waals surface area contributed by atoms with Gasteiger partial charge in [0.1, 0.15) is 24.7 Å². The number of hydrogen-bond donors (Lipinski definition) is 0. The standard InChI is InChI=1S/C22H28Cl2O2/c1-21(2,3)15-7-9-19(17(23)13-15)25-11-12-26-20-10-8-16(14-18(20)24)22(4,5)6/h7-10,13-14H,11-12H2,1-6H3. The van der Waals surface area contributed by atoms with Gasteiger partial charge in [0.05, 0.1) is 10.0 Å². The van der Waals surface area contributed by atoms with Gasteiger partial charge in [-0.3, -0.25) is 0 Å². The molecule has 4 heteroatoms. The van der Waals surface area contributed by atoms with Crippen molar-refractivity contribution in [2.75, 3.05) is 13.2 Å². The van der Waals surface area contributed by atoms with Crippen molar-refractivity contribution in [3.05, 3.63) is 57.6 Å². The van der Waals surface area contributed by atoms with Gasteiger partial charge >= 0.3 is 0 Å². The van der Waals surface area contributed by atoms with Crippen molar-refractivity contribution in [2.45, 2.75) is 52.4 Å². The molecule has 0 saturated carbocycles. The van der Waals surface area contributed by atoms with E-state index in [-0.39, 0.29) is 10.8 Å². The summed E-state index contributed by atoms with van der Waals surface area (Å²) in [5.41, 5.74) is 2.47. The van der Waals surface area contributed by atoms with Gasteiger partial charge in [-0.25, -0.2) is 0 Å². The van der Waals surface area contributed by atoms with E-state index in [0.717, 1.165) is 0 Å². The average Bonchev–Trinajstić information content (AvgIpc) is 2.52. The molecule has 142 valence electrons. The van der Waals surface area contributed by atoms with E-state index in [1.807, 2.05) is 36.4 Å². The highest BCUT2D eigenvalue weighted by atomic mass is 35.5. The molecule has 0 heterocycles. The van der Waals surface area contributed by atoms with E-state index >= 15 is 0 Å². The van der Waals surface area contributed by atoms with Gasteiger partial charge in [-0.2, -0.15) is 0 Å². The molecular formula is C22H28Cl2O2. The van der Waals surface area contributed by atoms with Crippen LogP contribution in [0.15, 0.2) is 36.4 Å². The second-order valence-corrected chi connectivity index (χ2v) is 9.30. The fourth-order valence-electron chi connectivity index (χ4n) is 2.47. The minimum absolute atomic E-state index is 0.0568. The van der Waals surface area contributed by atoms with E-state index in [1.54, 1.807) is 0 Å². The van der Waals surface area contributed by atoms with Crippen molar-refractivity contribution in [3.8, 4) is 11.5 Å². The minimum Gasteiger partial charge on any atom is -0.488 e. The fraction of sp³-hybridized carbons (Fsp3) is 0.455. The maximum absolute atomic E-state index is 6.33. The molecule has 0 atom stereocenters. The van der Waals surface area contributed by atoms with Gasteiger partial charge in [0.25, 0.3) is 0 Å². The normalized spacial score (nSPS) is 12.2. The Labute approximate surface area is 167 Å². The molecule has 0 bridgehead atoms. The summed E-state index contributed by atoms with van der Waals surface area (Å²) in [6, 6.07) is 11.8. The first-order valence-corrected chi connectivity index (χ1v) is 9.60. The summed E-state index contributed by atoms with van der Waals surface area (Å²) in [7, 11) is 0. The molecule has 2 aromatic rings. The molecule has 0 fully saturated rings. The molecule has 2 nitrogen and oxygen atoms in total. The summed E-state index contributed by atoms with van der Waals surface area (Å²) in [4.78, 5) is 0. The van der Waals surface area contributed by atoms with E-state index in [0.29, 0.717) is 34.8 Å². The SMILES string of the molecule is CC(C)(C)c1ccc(OCCOc2ccc(C(C)(C)C)cc2Cl)c(Cl)c1. The Bertz CT molecular complexity index is 690. The van der Waals surface area contributed by atoms with Crippen molar-refractivity contribution >= 4 is 23.2 Å². The van der Waals surface area contributed by atoms with E-state index in [9.17, 15) is 0 Å². The van der Waals surface area contributed by atoms with Gasteiger partial charge < -0.3 is 9.47 Å². The van der Waals surface area contributed by atoms with E-state index in [1.165, 1.54) is 11.1 Å². The minimum atomic E-state index is 0.0568. The molecule has 0 aliphatic heterocycles. The lowest BCUT2D eigenvalue weighted by atomic mass is 9.87. The van der Waals surface area contributed by atoms with Crippen LogP contribution in [0.2, 0.25) is 10.0 Å². The first kappa shape index (κ1) is 20.9. The molecule has 0 aromatic heterocycles. The molecular weight excluding hydrogens is 367 g/mol. The van der Waals surface area contributed by atoms with Gasteiger partial charge in [0, 0.05) is 0 Å². The maximum Gasteiger partial charge on any atom is 0.138 e. The van der Waals surface area contributed by atoms with Gasteiger partial charge in [0.15, 0.2) is 0 Å². The molecule has 0 amide bonds. The van der Waals surface area contributed by atoms with E-state index in [4.69, 9.17) is 32.7 Å². The second kappa shape index (κ2) is 8.10. The van der Waals surface area contributed by atoms with Gasteiger partial charge in [-0.05, 0) is 46.2 Å². The van der Waals surface area contributed by atoms with Crippen LogP contribution in [0.5, 0.6) is 11.5 Å². The molecule has 2 aromatic carbocycles. The maximum atomic E-state index is 6.33. The van der Waals surface area contributed by atoms with Crippen LogP contribution in [0.4, 0.5) is 0 Å². The molecule has 0 radical (unpaired) electrons. The van der Waals surface area contributed by atoms with Gasteiger partial charge in [0.2, 0.25) is 0 Å². The van der Waals surface area contributed by atoms with Crippen LogP contribution in [-0.2, 0) is 10.8 Å². The average molecular weight is 395 g/mol. The van der Waals surface area contributed by atoms with E-state index < -0.39 is 0 Å². The Morgan fingerprint density at radius 1 is 0.654 bits per heavy atom. The third-order valence-corrected chi connectivity index (χ3v) is 4.79. The third kappa shape index (κ3) is 5.56. The van der Waals surface area contributed by atoms with Crippen molar-refractivity contribution in [3.63, 3.8) is 0 Å². The van der Waals surface area contributed by atoms with Gasteiger partial charge in [-0.15, -0.1) is 0 Å². The molecule has 0 aliphatic carbocycles. The molecule has 2 rings (SSSR count). The largest absolute Gasteiger partial charge is 0.488 e. The van der Waals surface area contributed by atoms with Crippen LogP contribution in [-0.4, -0.2) is 13.2 Å². The van der Waals surface area contributed by atoms with Gasteiger partial charge in [-0.1, -0.05) is 76.9 Å². The molecule has 0 N–H and O–H groups in total. The monoisotopic (exact) mass is 394 g/mol. The number of hydrogen-bond acceptors (Lipinski definition) is 2. The predicted molar refractivity (Wildman–Crippen MR) is 111 cm³/mol. The number of rotatable bonds is 5. The van der Waals surface area contributed by atoms with Crippen LogP contribution < -0.4 is 9.47 Å². The first-order valence-electron chi connectivity index (χ1n) is 8.84. The van der Waals surface area contributed by atoms with Crippen molar-refractivity contribution in [1.82, 2.24) is 0 Å². The van der Waals surface area contributed by atoms with Crippen molar-refractivity contribution in [1.29, 1.82) is 0 Å². The summed E-state index contributed by atoms with van der Waals surface area (Å²) < 4.78 is 11.5. The zero-order valence-corrected chi connectivity index (χ0v) is 18.0. The summed E-state index contributed by atoms with van der Waals surface area (Å²) in [5, 5.41) is 1.23. The zero-order chi connectivity index (χ0) is 19.5. The Hall–Kier alpha value is -1.38. The molecule has 0 saturated heterocycles. The fourth-order valence-corrected chi connectivity index (χ4v) is 2.94. The Morgan fingerprint density at radius 3 is 1.27 bits per heavy atom. The number of halogens is 2. The molecule has 0 aliphatic rings. The lowest BCUT2D eigenvalue weighted by Crippen LogP contribution is -2.13. The van der Waals surface area contributed by atoms with Crippen LogP contribution in [0.1, 0.15) is 52.7 Å². The summed E-state index contributed by atoms with van der Waals surface area (Å²) in [6.07, 6.45) is 0. The Balaban J connectivity index is 1.91. The molecule has 0 spiro atoms. The smallest absolute Gasteiger partial charge is 0.138 e. The quantitative estimate of drug-likeness (QED) is 0.505. The zero-order valence-electron chi connectivity index (χ0n) is 16.5. The van der Waals surface area contributed by atoms with Crippen LogP contribution >= 0.6 is 23.2 Å². The predicted octanol–water partition coefficient (Wildman–Crippen LogP) is 7.05. The highest BCUT2D eigenvalue weighted by molar-refractivity contribution is 6.32. The lowest BCUT2D eigenvalue weighted by molar-refractivity contribution is 0.217. The summed E-state index contributed by atoms with van der Waals surface area (Å²) in [6.45, 7) is 13.7. The number of benzene rings is 2. The topological polar surface area (TPSA) is 18.5 Å². The van der Waals surface area contributed by atoms with Crippen molar-refractivity contribution < 1.29 is 9.47 Å². The highest BCUT2D eigenvalue weighted by Gasteiger charge is 2.16. The third-order valence-electron chi connectivity index (χ3n) is 4.19. The van der Waals surface area contributed by atoms with Crippen molar-refractivity contribution in [2.24, 2.45) is 0 Å². The molecule has 0 unspecified atom stereocenters. The second-order valence-electron chi connectivity index (χ2n) is 8.49. The molecule has 26 heavy (non-hydrogen) atoms. The first-order chi connectivity index (χ1) is 12.0. The Morgan fingerprint density at radius 2 is 1.00 bits per heavy atom. The summed E-state index contributed by atoms with van der Waals surface area (Å²) >= 11 is 12.7. The number of ether oxygens (including phenoxy) is 2. The van der Waals surface area contributed by atoms with Crippen LogP contribution in [0.25, 0.3) is 0 Å².